The van der Waals surface area contributed by atoms with Crippen molar-refractivity contribution < 1.29 is 59.9 Å². The van der Waals surface area contributed by atoms with Crippen molar-refractivity contribution in [3.05, 3.63) is 224 Å². The zero-order chi connectivity index (χ0) is 58.1. The number of carboxylic acids is 1. The normalized spacial score (nSPS) is 17.4. The Kier molecular flexibility index (Phi) is 15.2. The van der Waals surface area contributed by atoms with Crippen LogP contribution in [0, 0.1) is 22.7 Å². The Morgan fingerprint density at radius 1 is 0.561 bits per heavy atom. The Morgan fingerprint density at radius 2 is 0.976 bits per heavy atom. The van der Waals surface area contributed by atoms with Crippen LogP contribution in [-0.2, 0) is 35.0 Å². The predicted octanol–water partition coefficient (Wildman–Crippen LogP) is 10.6. The van der Waals surface area contributed by atoms with Crippen LogP contribution in [0.4, 0.5) is 47.3 Å². The van der Waals surface area contributed by atoms with E-state index < -0.39 is 65.4 Å². The summed E-state index contributed by atoms with van der Waals surface area (Å²) in [5.41, 5.74) is 1.77. The van der Waals surface area contributed by atoms with Gasteiger partial charge in [0.15, 0.2) is 0 Å². The topological polar surface area (TPSA) is 190 Å². The van der Waals surface area contributed by atoms with Crippen LogP contribution in [0.1, 0.15) is 79.8 Å². The molecule has 0 radical (unpaired) electrons. The van der Waals surface area contributed by atoms with Crippen molar-refractivity contribution >= 4 is 41.2 Å². The highest BCUT2D eigenvalue weighted by Crippen LogP contribution is 2.43. The number of aromatic carboxylic acids is 1. The molecule has 0 saturated carbocycles. The quantitative estimate of drug-likeness (QED) is 0.0594. The summed E-state index contributed by atoms with van der Waals surface area (Å²) >= 11 is 0. The molecular weight excluding hydrogens is 1070 g/mol. The van der Waals surface area contributed by atoms with Crippen molar-refractivity contribution in [2.75, 3.05) is 49.1 Å². The molecule has 4 heterocycles. The van der Waals surface area contributed by atoms with Crippen molar-refractivity contribution in [2.45, 2.75) is 50.4 Å². The van der Waals surface area contributed by atoms with Crippen LogP contribution in [0.2, 0.25) is 0 Å². The maximum Gasteiger partial charge on any atom is 0.416 e. The van der Waals surface area contributed by atoms with Crippen LogP contribution in [-0.4, -0.2) is 88.5 Å². The summed E-state index contributed by atoms with van der Waals surface area (Å²) in [6, 6.07) is 37.5. The highest BCUT2D eigenvalue weighted by molar-refractivity contribution is 6.08. The minimum absolute atomic E-state index is 0.0656. The number of amides is 6. The average molecular weight is 1120 g/mol. The third-order valence-electron chi connectivity index (χ3n) is 15.2. The van der Waals surface area contributed by atoms with Gasteiger partial charge in [0.2, 0.25) is 0 Å². The molecule has 0 saturated heterocycles. The zero-order valence-corrected chi connectivity index (χ0v) is 43.5. The first-order valence-corrected chi connectivity index (χ1v) is 26.1. The summed E-state index contributed by atoms with van der Waals surface area (Å²) in [6.45, 7) is 1.37. The van der Waals surface area contributed by atoms with E-state index in [-0.39, 0.29) is 70.1 Å². The number of hydrogen-bond donors (Lipinski definition) is 3. The van der Waals surface area contributed by atoms with Gasteiger partial charge in [-0.25, -0.2) is 14.4 Å². The number of halogens is 6. The van der Waals surface area contributed by atoms with Gasteiger partial charge in [-0.2, -0.15) is 36.9 Å². The van der Waals surface area contributed by atoms with Gasteiger partial charge in [0.1, 0.15) is 13.1 Å². The SMILES string of the molecule is N#Cc1ccc([C@H]2NC(=O)N(c3cccc(C(F)(F)F)c3)C3=C2C(=O)N(CCC[N+](CCCN2CC4=C(C2=O)[C@@H](c2ccc(C#N)cc2)NC(=O)N4c2cccc(C(F)(F)F)c2)(Cc2ccccc2)Cc2ccc(C(=O)O)cc2)C3)cc1. The molecule has 6 aromatic rings. The van der Waals surface area contributed by atoms with Gasteiger partial charge in [-0.15, -0.1) is 0 Å². The molecular formula is C61H50F6N9O6+. The number of quaternary nitrogens is 1. The molecule has 6 amide bonds. The highest BCUT2D eigenvalue weighted by Gasteiger charge is 2.47. The third-order valence-corrected chi connectivity index (χ3v) is 15.2. The molecule has 0 bridgehead atoms. The number of nitrogens with zero attached hydrogens (tertiary/aromatic N) is 7. The summed E-state index contributed by atoms with van der Waals surface area (Å²) in [5, 5.41) is 34.4. The van der Waals surface area contributed by atoms with Crippen molar-refractivity contribution in [3.63, 3.8) is 0 Å². The molecule has 21 heteroatoms. The number of nitrogens with one attached hydrogen (secondary N) is 2. The lowest BCUT2D eigenvalue weighted by atomic mass is 9.94. The second kappa shape index (κ2) is 22.4. The Labute approximate surface area is 466 Å². The van der Waals surface area contributed by atoms with Gasteiger partial charge in [-0.1, -0.05) is 78.9 Å². The summed E-state index contributed by atoms with van der Waals surface area (Å²) in [6.07, 6.45) is -8.83. The number of nitriles is 2. The molecule has 0 fully saturated rings. The first kappa shape index (κ1) is 55.6. The molecule has 4 aliphatic rings. The van der Waals surface area contributed by atoms with Crippen LogP contribution >= 0.6 is 0 Å². The Hall–Kier alpha value is -9.73. The van der Waals surface area contributed by atoms with Crippen LogP contribution in [0.5, 0.6) is 0 Å². The largest absolute Gasteiger partial charge is 0.478 e. The van der Waals surface area contributed by atoms with Gasteiger partial charge in [-0.05, 0) is 83.9 Å². The number of hydrogen-bond acceptors (Lipinski definition) is 7. The summed E-state index contributed by atoms with van der Waals surface area (Å²) in [4.78, 5) is 75.1. The van der Waals surface area contributed by atoms with Gasteiger partial charge < -0.3 is 30.0 Å². The highest BCUT2D eigenvalue weighted by atomic mass is 19.4. The van der Waals surface area contributed by atoms with Crippen molar-refractivity contribution in [1.29, 1.82) is 10.5 Å². The summed E-state index contributed by atoms with van der Waals surface area (Å²) in [7, 11) is 0. The van der Waals surface area contributed by atoms with Gasteiger partial charge >= 0.3 is 30.4 Å². The molecule has 0 aromatic heterocycles. The average Bonchev–Trinajstić information content (AvgIpc) is 2.71. The zero-order valence-electron chi connectivity index (χ0n) is 43.5. The number of urea groups is 2. The number of carbonyl (C=O) groups excluding carboxylic acids is 4. The van der Waals surface area contributed by atoms with E-state index in [0.29, 0.717) is 61.3 Å². The predicted molar refractivity (Wildman–Crippen MR) is 286 cm³/mol. The first-order valence-electron chi connectivity index (χ1n) is 26.1. The molecule has 3 N–H and O–H groups in total. The van der Waals surface area contributed by atoms with Crippen LogP contribution in [0.3, 0.4) is 0 Å². The number of benzene rings is 6. The van der Waals surface area contributed by atoms with Gasteiger partial charge in [0.25, 0.3) is 11.8 Å². The molecule has 82 heavy (non-hydrogen) atoms. The van der Waals surface area contributed by atoms with E-state index in [4.69, 9.17) is 0 Å². The lowest BCUT2D eigenvalue weighted by Gasteiger charge is -2.40. The molecule has 0 unspecified atom stereocenters. The third kappa shape index (κ3) is 11.4. The lowest BCUT2D eigenvalue weighted by Crippen LogP contribution is -2.49. The number of carbonyl (C=O) groups is 5. The van der Waals surface area contributed by atoms with Crippen molar-refractivity contribution in [2.24, 2.45) is 0 Å². The van der Waals surface area contributed by atoms with E-state index in [1.165, 1.54) is 70.5 Å². The van der Waals surface area contributed by atoms with E-state index in [1.807, 2.05) is 42.5 Å². The molecule has 0 spiro atoms. The van der Waals surface area contributed by atoms with E-state index in [0.717, 1.165) is 45.2 Å². The van der Waals surface area contributed by atoms with E-state index in [2.05, 4.69) is 10.6 Å². The molecule has 6 aromatic carbocycles. The molecule has 15 nitrogen and oxygen atoms in total. The van der Waals surface area contributed by atoms with E-state index in [9.17, 15) is 65.9 Å². The number of carboxylic acid groups (broad SMARTS) is 1. The molecule has 0 aliphatic carbocycles. The fraction of sp³-hybridized carbons (Fsp3) is 0.230. The van der Waals surface area contributed by atoms with Gasteiger partial charge in [0.05, 0.1) is 112 Å². The Balaban J connectivity index is 0.957. The number of alkyl halides is 6. The van der Waals surface area contributed by atoms with Crippen molar-refractivity contribution in [3.8, 4) is 12.1 Å². The monoisotopic (exact) mass is 1120 g/mol. The number of anilines is 2. The molecule has 2 atom stereocenters. The fourth-order valence-corrected chi connectivity index (χ4v) is 11.3. The molecule has 4 aliphatic heterocycles. The fourth-order valence-electron chi connectivity index (χ4n) is 11.3. The lowest BCUT2D eigenvalue weighted by molar-refractivity contribution is -0.953. The van der Waals surface area contributed by atoms with Crippen LogP contribution in [0.15, 0.2) is 174 Å². The summed E-state index contributed by atoms with van der Waals surface area (Å²) < 4.78 is 84.7. The Bertz CT molecular complexity index is 3460. The second-order valence-electron chi connectivity index (χ2n) is 20.5. The summed E-state index contributed by atoms with van der Waals surface area (Å²) in [5.74, 6) is -2.06. The second-order valence-corrected chi connectivity index (χ2v) is 20.5. The minimum Gasteiger partial charge on any atom is -0.478 e. The Morgan fingerprint density at radius 3 is 1.37 bits per heavy atom. The van der Waals surface area contributed by atoms with Gasteiger partial charge in [-0.3, -0.25) is 19.4 Å². The first-order chi connectivity index (χ1) is 39.2. The van der Waals surface area contributed by atoms with E-state index >= 15 is 0 Å². The number of rotatable bonds is 17. The molecule has 10 rings (SSSR count). The van der Waals surface area contributed by atoms with Gasteiger partial charge in [0, 0.05) is 37.1 Å². The smallest absolute Gasteiger partial charge is 0.416 e. The standard InChI is InChI=1S/C61H49F6N9O6/c62-60(63,64)45-10-4-12-47(30-45)74-49-34-72(55(77)51(49)53(70-58(74)81)42-20-14-38(32-68)15-21-42)26-6-28-76(36-40-8-2-1-3-9-40,37-41-18-24-44(25-19-41)57(79)80)29-7-27-73-35-50-52(56(73)78)54(43-22-16-39(33-69)17-23-43)71-59(82)75(50)48-13-5-11-46(31-48)61(65,66)67/h1-5,8-25,30-31,53-54H,6-7,26-29,34-37H2,(H2-,70,71,79,80,81,82)/p+1/t53-,54-/m1/s1. The minimum atomic E-state index is -4.74. The van der Waals surface area contributed by atoms with E-state index in [1.54, 1.807) is 36.4 Å². The maximum absolute atomic E-state index is 14.8. The van der Waals surface area contributed by atoms with Crippen LogP contribution < -0.4 is 20.4 Å². The van der Waals surface area contributed by atoms with Crippen LogP contribution in [0.25, 0.3) is 0 Å². The van der Waals surface area contributed by atoms with Crippen molar-refractivity contribution in [1.82, 2.24) is 20.4 Å². The maximum atomic E-state index is 14.8. The molecule has 416 valence electrons.